The number of ether oxygens (including phenoxy) is 3. The summed E-state index contributed by atoms with van der Waals surface area (Å²) in [5.74, 6) is -0.0381. The molecule has 45 heavy (non-hydrogen) atoms. The van der Waals surface area contributed by atoms with Gasteiger partial charge in [0.2, 0.25) is 0 Å². The number of unbranched alkanes of at least 4 members (excludes halogenated alkanes) is 8. The van der Waals surface area contributed by atoms with Gasteiger partial charge in [0.15, 0.2) is 0 Å². The number of rotatable bonds is 21. The van der Waals surface area contributed by atoms with Gasteiger partial charge in [0.05, 0.1) is 24.7 Å². The molecule has 4 nitrogen and oxygen atoms in total. The van der Waals surface area contributed by atoms with Crippen LogP contribution in [0.25, 0.3) is 11.1 Å². The van der Waals surface area contributed by atoms with Crippen molar-refractivity contribution in [3.05, 3.63) is 78.4 Å². The maximum Gasteiger partial charge on any atom is 0.391 e. The lowest BCUT2D eigenvalue weighted by Crippen LogP contribution is -2.23. The fourth-order valence-electron chi connectivity index (χ4n) is 5.18. The van der Waals surface area contributed by atoms with Gasteiger partial charge in [-0.05, 0) is 85.3 Å². The van der Waals surface area contributed by atoms with E-state index in [1.165, 1.54) is 44.9 Å². The van der Waals surface area contributed by atoms with E-state index in [0.29, 0.717) is 29.9 Å². The first-order valence-corrected chi connectivity index (χ1v) is 16.6. The number of carbonyl (C=O) groups is 1. The molecule has 0 N–H and O–H groups in total. The van der Waals surface area contributed by atoms with Crippen LogP contribution in [0.4, 0.5) is 13.2 Å². The molecule has 0 aromatic heterocycles. The third kappa shape index (κ3) is 13.6. The van der Waals surface area contributed by atoms with E-state index in [1.807, 2.05) is 43.3 Å². The van der Waals surface area contributed by atoms with Crippen molar-refractivity contribution in [3.8, 4) is 28.4 Å². The van der Waals surface area contributed by atoms with E-state index in [0.717, 1.165) is 36.3 Å². The van der Waals surface area contributed by atoms with Gasteiger partial charge >= 0.3 is 12.1 Å². The highest BCUT2D eigenvalue weighted by molar-refractivity contribution is 5.91. The molecule has 7 heteroatoms. The molecule has 0 aliphatic rings. The maximum absolute atomic E-state index is 13.2. The Morgan fingerprint density at radius 1 is 0.578 bits per heavy atom. The Labute approximate surface area is 267 Å². The second-order valence-corrected chi connectivity index (χ2v) is 11.7. The van der Waals surface area contributed by atoms with Crippen LogP contribution in [-0.2, 0) is 0 Å². The van der Waals surface area contributed by atoms with Crippen LogP contribution in [0.5, 0.6) is 17.2 Å². The summed E-state index contributed by atoms with van der Waals surface area (Å²) >= 11 is 0. The first kappa shape index (κ1) is 36.0. The molecular formula is C38H49F3O4. The summed E-state index contributed by atoms with van der Waals surface area (Å²) in [6.45, 7) is 5.05. The van der Waals surface area contributed by atoms with E-state index in [9.17, 15) is 18.0 Å². The van der Waals surface area contributed by atoms with Gasteiger partial charge in [-0.2, -0.15) is 13.2 Å². The molecule has 0 saturated heterocycles. The second-order valence-electron chi connectivity index (χ2n) is 11.7. The van der Waals surface area contributed by atoms with E-state index < -0.39 is 18.1 Å². The maximum atomic E-state index is 13.2. The zero-order valence-corrected chi connectivity index (χ0v) is 26.9. The molecule has 3 rings (SSSR count). The highest BCUT2D eigenvalue weighted by Crippen LogP contribution is 2.34. The number of carbonyl (C=O) groups excluding carboxylic acids is 1. The fourth-order valence-corrected chi connectivity index (χ4v) is 5.18. The zero-order valence-electron chi connectivity index (χ0n) is 26.9. The molecule has 1 atom stereocenters. The number of alkyl halides is 3. The molecule has 0 amide bonds. The topological polar surface area (TPSA) is 44.8 Å². The number of benzene rings is 3. The third-order valence-corrected chi connectivity index (χ3v) is 7.94. The fraction of sp³-hybridized carbons (Fsp3) is 0.500. The minimum absolute atomic E-state index is 0.0527. The Bertz CT molecular complexity index is 1220. The third-order valence-electron chi connectivity index (χ3n) is 7.94. The summed E-state index contributed by atoms with van der Waals surface area (Å²) in [7, 11) is 0. The van der Waals surface area contributed by atoms with Crippen LogP contribution in [0.1, 0.15) is 108 Å². The summed E-state index contributed by atoms with van der Waals surface area (Å²) in [6.07, 6.45) is 7.84. The van der Waals surface area contributed by atoms with Gasteiger partial charge < -0.3 is 14.2 Å². The van der Waals surface area contributed by atoms with Crippen molar-refractivity contribution in [2.24, 2.45) is 5.92 Å². The molecule has 0 aliphatic heterocycles. The highest BCUT2D eigenvalue weighted by atomic mass is 19.4. The highest BCUT2D eigenvalue weighted by Gasteiger charge is 2.38. The SMILES string of the molecule is CCCCCCCCCCOc1ccc(-c2ccc(C(=O)Oc3ccc(OCCCC(CCCC)C(F)(F)F)cc3)cc2)cc1. The molecule has 0 fully saturated rings. The molecule has 0 aliphatic carbocycles. The van der Waals surface area contributed by atoms with Gasteiger partial charge in [-0.3, -0.25) is 0 Å². The van der Waals surface area contributed by atoms with E-state index in [4.69, 9.17) is 14.2 Å². The first-order chi connectivity index (χ1) is 21.8. The smallest absolute Gasteiger partial charge is 0.391 e. The van der Waals surface area contributed by atoms with E-state index in [-0.39, 0.29) is 19.4 Å². The Morgan fingerprint density at radius 2 is 1.02 bits per heavy atom. The average Bonchev–Trinajstić information content (AvgIpc) is 3.04. The lowest BCUT2D eigenvalue weighted by atomic mass is 9.96. The van der Waals surface area contributed by atoms with E-state index in [1.54, 1.807) is 36.4 Å². The molecule has 1 unspecified atom stereocenters. The average molecular weight is 627 g/mol. The quantitative estimate of drug-likeness (QED) is 0.0670. The molecule has 3 aromatic rings. The van der Waals surface area contributed by atoms with Crippen LogP contribution < -0.4 is 14.2 Å². The van der Waals surface area contributed by atoms with Crippen LogP contribution in [0.3, 0.4) is 0 Å². The summed E-state index contributed by atoms with van der Waals surface area (Å²) in [5.41, 5.74) is 2.43. The van der Waals surface area contributed by atoms with Gasteiger partial charge in [-0.1, -0.05) is 95.9 Å². The van der Waals surface area contributed by atoms with E-state index in [2.05, 4.69) is 6.92 Å². The van der Waals surface area contributed by atoms with Crippen molar-refractivity contribution >= 4 is 5.97 Å². The predicted molar refractivity (Wildman–Crippen MR) is 175 cm³/mol. The molecule has 0 saturated carbocycles. The van der Waals surface area contributed by atoms with Gasteiger partial charge in [0, 0.05) is 0 Å². The number of hydrogen-bond donors (Lipinski definition) is 0. The van der Waals surface area contributed by atoms with Crippen molar-refractivity contribution in [1.82, 2.24) is 0 Å². The molecule has 0 radical (unpaired) electrons. The van der Waals surface area contributed by atoms with Crippen LogP contribution >= 0.6 is 0 Å². The van der Waals surface area contributed by atoms with Crippen LogP contribution in [-0.4, -0.2) is 25.4 Å². The molecule has 0 heterocycles. The minimum atomic E-state index is -4.17. The standard InChI is InChI=1S/C38H49F3O4/c1-3-5-7-8-9-10-11-12-28-43-34-22-20-31(21-23-34)30-16-18-32(19-17-30)37(42)45-36-26-24-35(25-27-36)44-29-13-15-33(14-6-4-2)38(39,40)41/h16-27,33H,3-15,28-29H2,1-2H3. The molecule has 3 aromatic carbocycles. The Balaban J connectivity index is 1.38. The molecular weight excluding hydrogens is 577 g/mol. The van der Waals surface area contributed by atoms with Gasteiger partial charge in [0.1, 0.15) is 17.2 Å². The van der Waals surface area contributed by atoms with Crippen molar-refractivity contribution in [3.63, 3.8) is 0 Å². The minimum Gasteiger partial charge on any atom is -0.494 e. The van der Waals surface area contributed by atoms with Crippen molar-refractivity contribution in [2.75, 3.05) is 13.2 Å². The summed E-state index contributed by atoms with van der Waals surface area (Å²) in [5, 5.41) is 0. The summed E-state index contributed by atoms with van der Waals surface area (Å²) in [6, 6.07) is 21.7. The number of esters is 1. The summed E-state index contributed by atoms with van der Waals surface area (Å²) in [4.78, 5) is 12.7. The Hall–Kier alpha value is -3.48. The molecule has 0 bridgehead atoms. The van der Waals surface area contributed by atoms with Crippen LogP contribution in [0.15, 0.2) is 72.8 Å². The summed E-state index contributed by atoms with van der Waals surface area (Å²) < 4.78 is 56.6. The van der Waals surface area contributed by atoms with Crippen molar-refractivity contribution in [2.45, 2.75) is 103 Å². The van der Waals surface area contributed by atoms with Gasteiger partial charge in [-0.25, -0.2) is 4.79 Å². The normalized spacial score (nSPS) is 12.1. The molecule has 246 valence electrons. The first-order valence-electron chi connectivity index (χ1n) is 16.6. The van der Waals surface area contributed by atoms with Gasteiger partial charge in [-0.15, -0.1) is 0 Å². The van der Waals surface area contributed by atoms with Crippen molar-refractivity contribution in [1.29, 1.82) is 0 Å². The molecule has 0 spiro atoms. The lowest BCUT2D eigenvalue weighted by Gasteiger charge is -2.20. The Kier molecular flexibility index (Phi) is 15.8. The predicted octanol–water partition coefficient (Wildman–Crippen LogP) is 11.6. The van der Waals surface area contributed by atoms with Gasteiger partial charge in [0.25, 0.3) is 0 Å². The lowest BCUT2D eigenvalue weighted by molar-refractivity contribution is -0.178. The van der Waals surface area contributed by atoms with Crippen LogP contribution in [0, 0.1) is 5.92 Å². The number of hydrogen-bond acceptors (Lipinski definition) is 4. The van der Waals surface area contributed by atoms with E-state index >= 15 is 0 Å². The zero-order chi connectivity index (χ0) is 32.3. The largest absolute Gasteiger partial charge is 0.494 e. The number of halogens is 3. The van der Waals surface area contributed by atoms with Crippen molar-refractivity contribution < 1.29 is 32.2 Å². The Morgan fingerprint density at radius 3 is 1.58 bits per heavy atom. The second kappa shape index (κ2) is 19.8. The monoisotopic (exact) mass is 626 g/mol. The van der Waals surface area contributed by atoms with Crippen LogP contribution in [0.2, 0.25) is 0 Å².